The molecule has 5 N–H and O–H groups in total. The number of benzene rings is 2. The van der Waals surface area contributed by atoms with Gasteiger partial charge in [-0.1, -0.05) is 19.1 Å². The number of carbonyl (C=O) groups excluding carboxylic acids is 2. The summed E-state index contributed by atoms with van der Waals surface area (Å²) in [6.07, 6.45) is 5.00. The van der Waals surface area contributed by atoms with Crippen molar-refractivity contribution >= 4 is 22.7 Å². The van der Waals surface area contributed by atoms with E-state index in [-0.39, 0.29) is 11.1 Å². The number of hydrogen-bond donors (Lipinski definition) is 3. The molecule has 0 spiro atoms. The van der Waals surface area contributed by atoms with Gasteiger partial charge in [-0.05, 0) is 79.7 Å². The van der Waals surface area contributed by atoms with E-state index in [9.17, 15) is 9.59 Å². The monoisotopic (exact) mass is 404 g/mol. The van der Waals surface area contributed by atoms with Gasteiger partial charge in [-0.2, -0.15) is 0 Å². The van der Waals surface area contributed by atoms with E-state index in [1.807, 2.05) is 19.1 Å². The number of hydrogen-bond acceptors (Lipinski definition) is 3. The number of H-pyrrole nitrogens is 1. The molecule has 1 fully saturated rings. The van der Waals surface area contributed by atoms with Gasteiger partial charge in [0.05, 0.1) is 11.1 Å². The Labute approximate surface area is 176 Å². The molecule has 0 unspecified atom stereocenters. The van der Waals surface area contributed by atoms with Crippen LogP contribution in [0.3, 0.4) is 0 Å². The number of aromatic amines is 1. The predicted octanol–water partition coefficient (Wildman–Crippen LogP) is 3.40. The predicted molar refractivity (Wildman–Crippen MR) is 120 cm³/mol. The van der Waals surface area contributed by atoms with Crippen molar-refractivity contribution in [2.75, 3.05) is 14.1 Å². The number of rotatable bonds is 6. The van der Waals surface area contributed by atoms with E-state index in [4.69, 9.17) is 11.5 Å². The number of nitrogens with two attached hydrogens (primary N) is 2. The Morgan fingerprint density at radius 1 is 1.10 bits per heavy atom. The maximum atomic E-state index is 12.1. The first-order valence-corrected chi connectivity index (χ1v) is 10.3. The average Bonchev–Trinajstić information content (AvgIpc) is 3.08. The van der Waals surface area contributed by atoms with Crippen LogP contribution in [0, 0.1) is 0 Å². The highest BCUT2D eigenvalue weighted by atomic mass is 16.2. The number of carbonyl (C=O) groups is 2. The number of fused-ring (bicyclic) bond motifs is 1. The SMILES string of the molecule is CCc1c(-c2ccc3[nH]cc(C4CC(N(C)C)C4)c3c2)ccc(C(N)=O)c1C(N)=O. The van der Waals surface area contributed by atoms with Gasteiger partial charge in [0.1, 0.15) is 0 Å². The fourth-order valence-electron chi connectivity index (χ4n) is 4.68. The molecule has 3 aromatic rings. The van der Waals surface area contributed by atoms with Gasteiger partial charge in [0, 0.05) is 23.1 Å². The van der Waals surface area contributed by atoms with Gasteiger partial charge in [-0.3, -0.25) is 9.59 Å². The summed E-state index contributed by atoms with van der Waals surface area (Å²) in [6, 6.07) is 10.4. The maximum absolute atomic E-state index is 12.1. The topological polar surface area (TPSA) is 105 Å². The largest absolute Gasteiger partial charge is 0.366 e. The fourth-order valence-corrected chi connectivity index (χ4v) is 4.68. The van der Waals surface area contributed by atoms with Gasteiger partial charge >= 0.3 is 0 Å². The number of nitrogens with zero attached hydrogens (tertiary/aromatic N) is 1. The normalized spacial score (nSPS) is 18.5. The zero-order valence-corrected chi connectivity index (χ0v) is 17.7. The third-order valence-corrected chi connectivity index (χ3v) is 6.49. The molecule has 4 rings (SSSR count). The Balaban J connectivity index is 1.80. The van der Waals surface area contributed by atoms with E-state index in [0.29, 0.717) is 18.4 Å². The van der Waals surface area contributed by atoms with E-state index < -0.39 is 11.8 Å². The number of aromatic nitrogens is 1. The van der Waals surface area contributed by atoms with Crippen molar-refractivity contribution in [3.63, 3.8) is 0 Å². The van der Waals surface area contributed by atoms with Crippen LogP contribution < -0.4 is 11.5 Å². The minimum Gasteiger partial charge on any atom is -0.366 e. The molecule has 1 aromatic heterocycles. The van der Waals surface area contributed by atoms with Gasteiger partial charge in [0.25, 0.3) is 0 Å². The standard InChI is InChI=1S/C24H28N4O2/c1-4-16-17(6-7-18(23(25)29)22(16)24(26)30)13-5-8-21-19(11-13)20(12-27-21)14-9-15(10-14)28(2)3/h5-8,11-12,14-15,27H,4,9-10H2,1-3H3,(H2,25,29)(H2,26,30). The maximum Gasteiger partial charge on any atom is 0.249 e. The van der Waals surface area contributed by atoms with Gasteiger partial charge in [0.2, 0.25) is 11.8 Å². The number of nitrogens with one attached hydrogen (secondary N) is 1. The molecule has 6 nitrogen and oxygen atoms in total. The lowest BCUT2D eigenvalue weighted by Gasteiger charge is -2.39. The minimum absolute atomic E-state index is 0.177. The molecule has 1 saturated carbocycles. The summed E-state index contributed by atoms with van der Waals surface area (Å²) in [7, 11) is 4.26. The molecule has 0 bridgehead atoms. The van der Waals surface area contributed by atoms with Gasteiger partial charge < -0.3 is 21.4 Å². The van der Waals surface area contributed by atoms with Crippen molar-refractivity contribution in [2.45, 2.75) is 38.1 Å². The van der Waals surface area contributed by atoms with E-state index in [1.54, 1.807) is 6.07 Å². The van der Waals surface area contributed by atoms with Gasteiger partial charge in [-0.25, -0.2) is 0 Å². The first-order valence-electron chi connectivity index (χ1n) is 10.3. The van der Waals surface area contributed by atoms with Gasteiger partial charge in [0.15, 0.2) is 0 Å². The van der Waals surface area contributed by atoms with Crippen molar-refractivity contribution in [1.29, 1.82) is 0 Å². The molecule has 2 aromatic carbocycles. The summed E-state index contributed by atoms with van der Waals surface area (Å²) in [4.78, 5) is 29.6. The lowest BCUT2D eigenvalue weighted by molar-refractivity contribution is 0.0966. The zero-order chi connectivity index (χ0) is 21.6. The summed E-state index contributed by atoms with van der Waals surface area (Å²) in [6.45, 7) is 1.95. The Hall–Kier alpha value is -3.12. The molecule has 0 radical (unpaired) electrons. The molecule has 1 heterocycles. The van der Waals surface area contributed by atoms with Crippen molar-refractivity contribution in [1.82, 2.24) is 9.88 Å². The summed E-state index contributed by atoms with van der Waals surface area (Å²) >= 11 is 0. The highest BCUT2D eigenvalue weighted by Gasteiger charge is 2.33. The second-order valence-corrected chi connectivity index (χ2v) is 8.39. The number of primary amides is 2. The second-order valence-electron chi connectivity index (χ2n) is 8.39. The molecular weight excluding hydrogens is 376 g/mol. The number of amides is 2. The van der Waals surface area contributed by atoms with Crippen LogP contribution >= 0.6 is 0 Å². The Morgan fingerprint density at radius 2 is 1.83 bits per heavy atom. The summed E-state index contributed by atoms with van der Waals surface area (Å²) in [5, 5.41) is 1.20. The fraction of sp³-hybridized carbons (Fsp3) is 0.333. The van der Waals surface area contributed by atoms with Crippen LogP contribution in [0.15, 0.2) is 36.5 Å². The molecular formula is C24H28N4O2. The van der Waals surface area contributed by atoms with E-state index in [2.05, 4.69) is 42.3 Å². The quantitative estimate of drug-likeness (QED) is 0.586. The van der Waals surface area contributed by atoms with E-state index in [1.165, 1.54) is 10.9 Å². The minimum atomic E-state index is -0.645. The van der Waals surface area contributed by atoms with Crippen molar-refractivity contribution < 1.29 is 9.59 Å². The first kappa shape index (κ1) is 20.2. The third kappa shape index (κ3) is 3.27. The highest BCUT2D eigenvalue weighted by Crippen LogP contribution is 2.42. The molecule has 0 atom stereocenters. The molecule has 0 aliphatic heterocycles. The molecule has 0 saturated heterocycles. The molecule has 156 valence electrons. The smallest absolute Gasteiger partial charge is 0.249 e. The van der Waals surface area contributed by atoms with Crippen LogP contribution in [-0.2, 0) is 6.42 Å². The molecule has 1 aliphatic rings. The van der Waals surface area contributed by atoms with Gasteiger partial charge in [-0.15, -0.1) is 0 Å². The van der Waals surface area contributed by atoms with E-state index >= 15 is 0 Å². The zero-order valence-electron chi connectivity index (χ0n) is 17.7. The third-order valence-electron chi connectivity index (χ3n) is 6.49. The molecule has 2 amide bonds. The first-order chi connectivity index (χ1) is 14.3. The van der Waals surface area contributed by atoms with Crippen LogP contribution in [0.2, 0.25) is 0 Å². The molecule has 1 aliphatic carbocycles. The van der Waals surface area contributed by atoms with Crippen LogP contribution in [0.25, 0.3) is 22.0 Å². The summed E-state index contributed by atoms with van der Waals surface area (Å²) in [5.41, 5.74) is 16.6. The lowest BCUT2D eigenvalue weighted by atomic mass is 9.75. The average molecular weight is 405 g/mol. The van der Waals surface area contributed by atoms with Crippen molar-refractivity contribution in [3.8, 4) is 11.1 Å². The summed E-state index contributed by atoms with van der Waals surface area (Å²) in [5.74, 6) is -0.727. The van der Waals surface area contributed by atoms with Crippen LogP contribution in [0.5, 0.6) is 0 Å². The lowest BCUT2D eigenvalue weighted by Crippen LogP contribution is -2.39. The van der Waals surface area contributed by atoms with E-state index in [0.717, 1.165) is 35.0 Å². The van der Waals surface area contributed by atoms with Crippen molar-refractivity contribution in [3.05, 3.63) is 58.8 Å². The highest BCUT2D eigenvalue weighted by molar-refractivity contribution is 6.08. The Bertz CT molecular complexity index is 1140. The Morgan fingerprint density at radius 3 is 2.43 bits per heavy atom. The van der Waals surface area contributed by atoms with Crippen LogP contribution in [0.1, 0.15) is 57.5 Å². The van der Waals surface area contributed by atoms with Crippen LogP contribution in [-0.4, -0.2) is 41.8 Å². The molecule has 6 heteroatoms. The summed E-state index contributed by atoms with van der Waals surface area (Å²) < 4.78 is 0. The van der Waals surface area contributed by atoms with Crippen molar-refractivity contribution in [2.24, 2.45) is 11.5 Å². The second kappa shape index (κ2) is 7.61. The Kier molecular flexibility index (Phi) is 5.12. The van der Waals surface area contributed by atoms with Crippen LogP contribution in [0.4, 0.5) is 0 Å². The molecule has 30 heavy (non-hydrogen) atoms.